The fourth-order valence-electron chi connectivity index (χ4n) is 2.21. The highest BCUT2D eigenvalue weighted by Gasteiger charge is 2.06. The molecule has 3 N–H and O–H groups in total. The summed E-state index contributed by atoms with van der Waals surface area (Å²) in [4.78, 5) is 0.371. The summed E-state index contributed by atoms with van der Waals surface area (Å²) in [6.45, 7) is 6.01. The number of hydrogen-bond acceptors (Lipinski definition) is 4. The van der Waals surface area contributed by atoms with E-state index >= 15 is 0 Å². The quantitative estimate of drug-likeness (QED) is 0.734. The van der Waals surface area contributed by atoms with Gasteiger partial charge in [0.05, 0.1) is 4.90 Å². The second kappa shape index (κ2) is 8.51. The van der Waals surface area contributed by atoms with Crippen LogP contribution in [-0.4, -0.2) is 27.3 Å². The van der Waals surface area contributed by atoms with Gasteiger partial charge in [-0.25, -0.2) is 8.42 Å². The summed E-state index contributed by atoms with van der Waals surface area (Å²) in [5.41, 5.74) is 6.84. The predicted molar refractivity (Wildman–Crippen MR) is 87.9 cm³/mol. The summed E-state index contributed by atoms with van der Waals surface area (Å²) in [6, 6.07) is 7.35. The van der Waals surface area contributed by atoms with Gasteiger partial charge in [-0.05, 0) is 49.9 Å². The number of sulfone groups is 1. The molecule has 120 valence electrons. The fourth-order valence-corrected chi connectivity index (χ4v) is 2.84. The standard InChI is InChI=1S/C16H28N2O2S/c1-13(5-4-6-14(2)17)11-18-12-15-7-9-16(10-8-15)21(3,19)20/h7-10,13-14,18H,4-6,11-12,17H2,1-3H3. The van der Waals surface area contributed by atoms with Gasteiger partial charge in [0.15, 0.2) is 9.84 Å². The number of hydrogen-bond donors (Lipinski definition) is 2. The van der Waals surface area contributed by atoms with E-state index in [2.05, 4.69) is 12.2 Å². The minimum Gasteiger partial charge on any atom is -0.328 e. The molecule has 1 rings (SSSR count). The maximum atomic E-state index is 11.4. The van der Waals surface area contributed by atoms with Crippen LogP contribution in [0.4, 0.5) is 0 Å². The first-order valence-corrected chi connectivity index (χ1v) is 9.43. The molecule has 0 aromatic heterocycles. The van der Waals surface area contributed by atoms with E-state index in [0.29, 0.717) is 16.9 Å². The SMILES string of the molecule is CC(N)CCCC(C)CNCc1ccc(S(C)(=O)=O)cc1. The van der Waals surface area contributed by atoms with Crippen LogP contribution in [0, 0.1) is 5.92 Å². The molecule has 0 saturated carbocycles. The van der Waals surface area contributed by atoms with Crippen molar-refractivity contribution in [1.29, 1.82) is 0 Å². The second-order valence-electron chi connectivity index (χ2n) is 6.06. The summed E-state index contributed by atoms with van der Waals surface area (Å²) < 4.78 is 22.7. The molecule has 4 nitrogen and oxygen atoms in total. The van der Waals surface area contributed by atoms with E-state index in [1.54, 1.807) is 12.1 Å². The largest absolute Gasteiger partial charge is 0.328 e. The maximum Gasteiger partial charge on any atom is 0.175 e. The maximum absolute atomic E-state index is 11.4. The van der Waals surface area contributed by atoms with Gasteiger partial charge in [0.25, 0.3) is 0 Å². The first kappa shape index (κ1) is 18.1. The van der Waals surface area contributed by atoms with Gasteiger partial charge in [-0.1, -0.05) is 25.5 Å². The molecule has 2 atom stereocenters. The van der Waals surface area contributed by atoms with E-state index in [1.165, 1.54) is 19.1 Å². The molecule has 0 spiro atoms. The molecule has 0 aliphatic carbocycles. The summed E-state index contributed by atoms with van der Waals surface area (Å²) in [7, 11) is -3.10. The number of rotatable bonds is 9. The summed E-state index contributed by atoms with van der Waals surface area (Å²) in [5.74, 6) is 0.624. The molecule has 1 aromatic rings. The van der Waals surface area contributed by atoms with Gasteiger partial charge in [0, 0.05) is 18.8 Å². The molecule has 0 saturated heterocycles. The molecule has 21 heavy (non-hydrogen) atoms. The zero-order valence-electron chi connectivity index (χ0n) is 13.3. The van der Waals surface area contributed by atoms with Gasteiger partial charge in [-0.2, -0.15) is 0 Å². The lowest BCUT2D eigenvalue weighted by molar-refractivity contribution is 0.448. The van der Waals surface area contributed by atoms with Crippen LogP contribution < -0.4 is 11.1 Å². The zero-order chi connectivity index (χ0) is 15.9. The predicted octanol–water partition coefficient (Wildman–Crippen LogP) is 2.33. The molecular formula is C16H28N2O2S. The van der Waals surface area contributed by atoms with Crippen LogP contribution in [0.15, 0.2) is 29.2 Å². The van der Waals surface area contributed by atoms with Crippen molar-refractivity contribution in [2.45, 2.75) is 50.6 Å². The first-order chi connectivity index (χ1) is 9.79. The van der Waals surface area contributed by atoms with Crippen LogP contribution in [0.3, 0.4) is 0 Å². The highest BCUT2D eigenvalue weighted by molar-refractivity contribution is 7.90. The molecular weight excluding hydrogens is 284 g/mol. The lowest BCUT2D eigenvalue weighted by Crippen LogP contribution is -2.21. The third kappa shape index (κ3) is 7.60. The van der Waals surface area contributed by atoms with E-state index < -0.39 is 9.84 Å². The van der Waals surface area contributed by atoms with Crippen molar-refractivity contribution in [3.05, 3.63) is 29.8 Å². The number of benzene rings is 1. The summed E-state index contributed by atoms with van der Waals surface area (Å²) in [6.07, 6.45) is 4.66. The van der Waals surface area contributed by atoms with E-state index in [-0.39, 0.29) is 0 Å². The number of nitrogens with two attached hydrogens (primary N) is 1. The van der Waals surface area contributed by atoms with E-state index in [1.807, 2.05) is 19.1 Å². The van der Waals surface area contributed by atoms with Crippen LogP contribution >= 0.6 is 0 Å². The van der Waals surface area contributed by atoms with Crippen LogP contribution in [0.2, 0.25) is 0 Å². The van der Waals surface area contributed by atoms with E-state index in [0.717, 1.165) is 25.1 Å². The lowest BCUT2D eigenvalue weighted by Gasteiger charge is -2.13. The average molecular weight is 312 g/mol. The van der Waals surface area contributed by atoms with Crippen molar-refractivity contribution in [2.75, 3.05) is 12.8 Å². The van der Waals surface area contributed by atoms with Gasteiger partial charge in [-0.15, -0.1) is 0 Å². The zero-order valence-corrected chi connectivity index (χ0v) is 14.1. The monoisotopic (exact) mass is 312 g/mol. The van der Waals surface area contributed by atoms with E-state index in [9.17, 15) is 8.42 Å². The Kier molecular flexibility index (Phi) is 7.35. The molecule has 0 amide bonds. The van der Waals surface area contributed by atoms with Crippen molar-refractivity contribution in [3.63, 3.8) is 0 Å². The Morgan fingerprint density at radius 2 is 1.76 bits per heavy atom. The Morgan fingerprint density at radius 1 is 1.14 bits per heavy atom. The van der Waals surface area contributed by atoms with Gasteiger partial charge < -0.3 is 11.1 Å². The van der Waals surface area contributed by atoms with Crippen molar-refractivity contribution in [2.24, 2.45) is 11.7 Å². The molecule has 0 aliphatic heterocycles. The minimum absolute atomic E-state index is 0.290. The molecule has 0 heterocycles. The van der Waals surface area contributed by atoms with Crippen LogP contribution in [0.5, 0.6) is 0 Å². The van der Waals surface area contributed by atoms with Gasteiger partial charge in [0.1, 0.15) is 0 Å². The highest BCUT2D eigenvalue weighted by atomic mass is 32.2. The first-order valence-electron chi connectivity index (χ1n) is 7.54. The minimum atomic E-state index is -3.10. The Morgan fingerprint density at radius 3 is 2.29 bits per heavy atom. The molecule has 0 radical (unpaired) electrons. The van der Waals surface area contributed by atoms with Crippen molar-refractivity contribution >= 4 is 9.84 Å². The normalized spacial score (nSPS) is 14.9. The lowest BCUT2D eigenvalue weighted by atomic mass is 10.0. The Balaban J connectivity index is 2.29. The summed E-state index contributed by atoms with van der Waals surface area (Å²) >= 11 is 0. The third-order valence-corrected chi connectivity index (χ3v) is 4.66. The van der Waals surface area contributed by atoms with Crippen molar-refractivity contribution < 1.29 is 8.42 Å². The second-order valence-corrected chi connectivity index (χ2v) is 8.08. The Hall–Kier alpha value is -0.910. The molecule has 1 aromatic carbocycles. The molecule has 0 aliphatic rings. The van der Waals surface area contributed by atoms with Crippen molar-refractivity contribution in [1.82, 2.24) is 5.32 Å². The summed E-state index contributed by atoms with van der Waals surface area (Å²) in [5, 5.41) is 3.42. The fraction of sp³-hybridized carbons (Fsp3) is 0.625. The van der Waals surface area contributed by atoms with Crippen LogP contribution in [0.25, 0.3) is 0 Å². The van der Waals surface area contributed by atoms with Crippen LogP contribution in [-0.2, 0) is 16.4 Å². The molecule has 5 heteroatoms. The molecule has 2 unspecified atom stereocenters. The molecule has 0 bridgehead atoms. The van der Waals surface area contributed by atoms with Gasteiger partial charge >= 0.3 is 0 Å². The van der Waals surface area contributed by atoms with Crippen LogP contribution in [0.1, 0.15) is 38.7 Å². The average Bonchev–Trinajstić information content (AvgIpc) is 2.38. The topological polar surface area (TPSA) is 72.2 Å². The number of nitrogens with one attached hydrogen (secondary N) is 1. The van der Waals surface area contributed by atoms with E-state index in [4.69, 9.17) is 5.73 Å². The highest BCUT2D eigenvalue weighted by Crippen LogP contribution is 2.11. The van der Waals surface area contributed by atoms with Crippen molar-refractivity contribution in [3.8, 4) is 0 Å². The molecule has 0 fully saturated rings. The third-order valence-electron chi connectivity index (χ3n) is 3.53. The van der Waals surface area contributed by atoms with Gasteiger partial charge in [0.2, 0.25) is 0 Å². The van der Waals surface area contributed by atoms with Gasteiger partial charge in [-0.3, -0.25) is 0 Å². The Labute approximate surface area is 129 Å². The smallest absolute Gasteiger partial charge is 0.175 e. The Bertz CT molecular complexity index is 510.